The Morgan fingerprint density at radius 1 is 0.341 bits per heavy atom. The lowest BCUT2D eigenvalue weighted by atomic mass is 10.0. The molecule has 0 aliphatic rings. The van der Waals surface area contributed by atoms with Crippen molar-refractivity contribution in [1.29, 1.82) is 0 Å². The molecule has 0 bridgehead atoms. The fourth-order valence-electron chi connectivity index (χ4n) is 4.99. The molecular formula is C42H42N2. The fraction of sp³-hybridized carbons (Fsp3) is 0.0952. The highest BCUT2D eigenvalue weighted by Crippen LogP contribution is 2.37. The number of para-hydroxylation sites is 3. The van der Waals surface area contributed by atoms with Crippen LogP contribution < -0.4 is 9.80 Å². The Morgan fingerprint density at radius 3 is 0.864 bits per heavy atom. The van der Waals surface area contributed by atoms with E-state index in [9.17, 15) is 0 Å². The van der Waals surface area contributed by atoms with Gasteiger partial charge >= 0.3 is 0 Å². The summed E-state index contributed by atoms with van der Waals surface area (Å²) in [4.78, 5) is 4.56. The first-order valence-electron chi connectivity index (χ1n) is 15.5. The normalized spacial score (nSPS) is 9.91. The predicted octanol–water partition coefficient (Wildman–Crippen LogP) is 13.0. The summed E-state index contributed by atoms with van der Waals surface area (Å²) in [6, 6.07) is 57.5. The largest absolute Gasteiger partial charge is 0.311 e. The standard InChI is InChI=1S/C38H30N2.2C2H6/c1-2-30-18-24-36(25-19-30)40(35-16-10-5-11-17-35)38-28-22-32(23-29-38)31-20-26-37(27-21-31)39(33-12-6-3-7-13-33)34-14-8-4-9-15-34;2*1-2/h2-29H,1H2;2*1-2H3. The van der Waals surface area contributed by atoms with Gasteiger partial charge in [-0.05, 0) is 89.5 Å². The van der Waals surface area contributed by atoms with Gasteiger partial charge in [0.05, 0.1) is 0 Å². The van der Waals surface area contributed by atoms with Crippen LogP contribution in [0.1, 0.15) is 33.3 Å². The van der Waals surface area contributed by atoms with E-state index in [0.29, 0.717) is 0 Å². The number of hydrogen-bond acceptors (Lipinski definition) is 2. The number of hydrogen-bond donors (Lipinski definition) is 0. The highest BCUT2D eigenvalue weighted by Gasteiger charge is 2.14. The van der Waals surface area contributed by atoms with E-state index in [1.807, 2.05) is 39.8 Å². The van der Waals surface area contributed by atoms with Crippen molar-refractivity contribution in [1.82, 2.24) is 0 Å². The SMILES string of the molecule is C=Cc1ccc(N(c2ccccc2)c2ccc(-c3ccc(N(c4ccccc4)c4ccccc4)cc3)cc2)cc1.CC.CC. The molecule has 0 aromatic heterocycles. The van der Waals surface area contributed by atoms with E-state index >= 15 is 0 Å². The minimum atomic E-state index is 1.11. The van der Waals surface area contributed by atoms with Gasteiger partial charge in [0.1, 0.15) is 0 Å². The fourth-order valence-corrected chi connectivity index (χ4v) is 4.99. The molecule has 0 amide bonds. The highest BCUT2D eigenvalue weighted by molar-refractivity contribution is 5.80. The molecule has 0 saturated carbocycles. The summed E-state index contributed by atoms with van der Waals surface area (Å²) in [6.07, 6.45) is 1.87. The maximum Gasteiger partial charge on any atom is 0.0462 e. The molecule has 0 unspecified atom stereocenters. The quantitative estimate of drug-likeness (QED) is 0.178. The molecule has 44 heavy (non-hydrogen) atoms. The second-order valence-electron chi connectivity index (χ2n) is 9.57. The van der Waals surface area contributed by atoms with Crippen molar-refractivity contribution in [2.75, 3.05) is 9.80 Å². The maximum absolute atomic E-state index is 3.89. The summed E-state index contributed by atoms with van der Waals surface area (Å²) in [5.41, 5.74) is 10.2. The monoisotopic (exact) mass is 574 g/mol. The molecule has 0 N–H and O–H groups in total. The van der Waals surface area contributed by atoms with Crippen LogP contribution in [0.4, 0.5) is 34.1 Å². The lowest BCUT2D eigenvalue weighted by molar-refractivity contribution is 1.28. The summed E-state index contributed by atoms with van der Waals surface area (Å²) in [6.45, 7) is 11.9. The molecule has 0 atom stereocenters. The third kappa shape index (κ3) is 7.53. The summed E-state index contributed by atoms with van der Waals surface area (Å²) in [5, 5.41) is 0. The molecule has 6 aromatic carbocycles. The van der Waals surface area contributed by atoms with Gasteiger partial charge in [-0.3, -0.25) is 0 Å². The molecule has 0 spiro atoms. The zero-order valence-corrected chi connectivity index (χ0v) is 26.3. The van der Waals surface area contributed by atoms with E-state index in [1.54, 1.807) is 0 Å². The Hall–Kier alpha value is -5.34. The number of benzene rings is 6. The molecule has 6 aromatic rings. The third-order valence-electron chi connectivity index (χ3n) is 7.01. The molecule has 0 radical (unpaired) electrons. The topological polar surface area (TPSA) is 6.48 Å². The Bertz CT molecular complexity index is 1620. The van der Waals surface area contributed by atoms with E-state index in [1.165, 1.54) is 11.1 Å². The molecule has 0 aliphatic heterocycles. The average molecular weight is 575 g/mol. The van der Waals surface area contributed by atoms with Crippen LogP contribution in [0.5, 0.6) is 0 Å². The first kappa shape index (κ1) is 31.6. The summed E-state index contributed by atoms with van der Waals surface area (Å²) >= 11 is 0. The zero-order chi connectivity index (χ0) is 31.1. The molecule has 220 valence electrons. The van der Waals surface area contributed by atoms with Gasteiger partial charge in [0.2, 0.25) is 0 Å². The molecule has 0 aliphatic carbocycles. The van der Waals surface area contributed by atoms with E-state index in [2.05, 4.69) is 174 Å². The van der Waals surface area contributed by atoms with Gasteiger partial charge in [-0.1, -0.05) is 131 Å². The van der Waals surface area contributed by atoms with Gasteiger partial charge in [-0.15, -0.1) is 0 Å². The smallest absolute Gasteiger partial charge is 0.0462 e. The van der Waals surface area contributed by atoms with E-state index in [4.69, 9.17) is 0 Å². The van der Waals surface area contributed by atoms with Crippen molar-refractivity contribution in [2.24, 2.45) is 0 Å². The van der Waals surface area contributed by atoms with Crippen molar-refractivity contribution in [3.05, 3.63) is 176 Å². The third-order valence-corrected chi connectivity index (χ3v) is 7.01. The van der Waals surface area contributed by atoms with Crippen molar-refractivity contribution >= 4 is 40.2 Å². The van der Waals surface area contributed by atoms with E-state index < -0.39 is 0 Å². The van der Waals surface area contributed by atoms with Gasteiger partial charge in [0, 0.05) is 34.1 Å². The molecular weight excluding hydrogens is 532 g/mol. The highest BCUT2D eigenvalue weighted by atomic mass is 15.1. The van der Waals surface area contributed by atoms with Crippen LogP contribution in [-0.2, 0) is 0 Å². The summed E-state index contributed by atoms with van der Waals surface area (Å²) < 4.78 is 0. The van der Waals surface area contributed by atoms with Gasteiger partial charge in [0.25, 0.3) is 0 Å². The molecule has 0 fully saturated rings. The predicted molar refractivity (Wildman–Crippen MR) is 194 cm³/mol. The van der Waals surface area contributed by atoms with E-state index in [-0.39, 0.29) is 0 Å². The van der Waals surface area contributed by atoms with E-state index in [0.717, 1.165) is 39.7 Å². The Kier molecular flexibility index (Phi) is 11.7. The van der Waals surface area contributed by atoms with Crippen molar-refractivity contribution in [2.45, 2.75) is 27.7 Å². The van der Waals surface area contributed by atoms with Crippen molar-refractivity contribution < 1.29 is 0 Å². The van der Waals surface area contributed by atoms with Crippen LogP contribution in [0.3, 0.4) is 0 Å². The van der Waals surface area contributed by atoms with Crippen molar-refractivity contribution in [3.8, 4) is 11.1 Å². The summed E-state index contributed by atoms with van der Waals surface area (Å²) in [7, 11) is 0. The van der Waals surface area contributed by atoms with Gasteiger partial charge in [-0.25, -0.2) is 0 Å². The Balaban J connectivity index is 0.00000106. The molecule has 6 rings (SSSR count). The van der Waals surface area contributed by atoms with Crippen LogP contribution >= 0.6 is 0 Å². The van der Waals surface area contributed by atoms with Crippen LogP contribution in [0.25, 0.3) is 17.2 Å². The first-order chi connectivity index (χ1) is 21.8. The lowest BCUT2D eigenvalue weighted by Crippen LogP contribution is -2.09. The maximum atomic E-state index is 3.89. The van der Waals surface area contributed by atoms with Crippen LogP contribution in [0.15, 0.2) is 170 Å². The zero-order valence-electron chi connectivity index (χ0n) is 26.3. The molecule has 0 heterocycles. The van der Waals surface area contributed by atoms with Crippen molar-refractivity contribution in [3.63, 3.8) is 0 Å². The summed E-state index contributed by atoms with van der Waals surface area (Å²) in [5.74, 6) is 0. The van der Waals surface area contributed by atoms with Crippen LogP contribution in [0.2, 0.25) is 0 Å². The average Bonchev–Trinajstić information content (AvgIpc) is 3.13. The van der Waals surface area contributed by atoms with Gasteiger partial charge in [0.15, 0.2) is 0 Å². The second kappa shape index (κ2) is 16.3. The van der Waals surface area contributed by atoms with Gasteiger partial charge < -0.3 is 9.80 Å². The Labute approximate surface area is 264 Å². The number of anilines is 6. The molecule has 0 saturated heterocycles. The second-order valence-corrected chi connectivity index (χ2v) is 9.57. The molecule has 2 nitrogen and oxygen atoms in total. The Morgan fingerprint density at radius 2 is 0.591 bits per heavy atom. The minimum absolute atomic E-state index is 1.11. The minimum Gasteiger partial charge on any atom is -0.311 e. The first-order valence-corrected chi connectivity index (χ1v) is 15.5. The van der Waals surface area contributed by atoms with Crippen LogP contribution in [-0.4, -0.2) is 0 Å². The molecule has 2 heteroatoms. The lowest BCUT2D eigenvalue weighted by Gasteiger charge is -2.26. The van der Waals surface area contributed by atoms with Gasteiger partial charge in [-0.2, -0.15) is 0 Å². The number of nitrogens with zero attached hydrogens (tertiary/aromatic N) is 2. The van der Waals surface area contributed by atoms with Crippen LogP contribution in [0, 0.1) is 0 Å². The number of rotatable bonds is 8.